The molecule has 1 fully saturated rings. The molecule has 0 unspecified atom stereocenters. The molecule has 6 nitrogen and oxygen atoms in total. The number of imide groups is 1. The number of hydrogen-bond donors (Lipinski definition) is 1. The van der Waals surface area contributed by atoms with Crippen LogP contribution >= 0.6 is 0 Å². The zero-order valence-corrected chi connectivity index (χ0v) is 18.0. The van der Waals surface area contributed by atoms with E-state index >= 15 is 0 Å². The Balaban J connectivity index is 1.95. The van der Waals surface area contributed by atoms with Crippen LogP contribution in [0.25, 0.3) is 0 Å². The smallest absolute Gasteiger partial charge is 0.325 e. The van der Waals surface area contributed by atoms with E-state index in [-0.39, 0.29) is 24.5 Å². The fraction of sp³-hybridized carbons (Fsp3) is 0.375. The molecule has 1 heterocycles. The number of carbonyl (C=O) groups excluding carboxylic acids is 3. The van der Waals surface area contributed by atoms with Gasteiger partial charge in [-0.2, -0.15) is 0 Å². The van der Waals surface area contributed by atoms with Gasteiger partial charge in [-0.15, -0.1) is 0 Å². The fourth-order valence-electron chi connectivity index (χ4n) is 4.20. The maximum Gasteiger partial charge on any atom is 0.325 e. The number of hydrogen-bond acceptors (Lipinski definition) is 3. The molecule has 0 saturated carbocycles. The molecule has 158 valence electrons. The number of amides is 4. The molecule has 4 amide bonds. The molecule has 0 radical (unpaired) electrons. The van der Waals surface area contributed by atoms with Crippen molar-refractivity contribution < 1.29 is 14.4 Å². The van der Waals surface area contributed by atoms with Gasteiger partial charge in [0.2, 0.25) is 5.91 Å². The summed E-state index contributed by atoms with van der Waals surface area (Å²) < 4.78 is 0. The minimum atomic E-state index is -1.24. The van der Waals surface area contributed by atoms with E-state index in [9.17, 15) is 14.4 Å². The summed E-state index contributed by atoms with van der Waals surface area (Å²) in [5.41, 5.74) is 0.390. The molecule has 0 aliphatic carbocycles. The van der Waals surface area contributed by atoms with Gasteiger partial charge in [-0.25, -0.2) is 4.79 Å². The SMILES string of the molecule is CC(C)N(C(=O)CN1C(=O)N[C@@](Cc2ccccc2)(c2ccccc2)C1=O)C(C)C. The molecule has 1 N–H and O–H groups in total. The second-order valence-electron chi connectivity index (χ2n) is 8.24. The van der Waals surface area contributed by atoms with E-state index in [1.54, 1.807) is 4.90 Å². The lowest BCUT2D eigenvalue weighted by Crippen LogP contribution is -2.49. The highest BCUT2D eigenvalue weighted by Gasteiger charge is 2.53. The third-order valence-corrected chi connectivity index (χ3v) is 5.45. The van der Waals surface area contributed by atoms with Crippen LogP contribution in [0.4, 0.5) is 4.79 Å². The van der Waals surface area contributed by atoms with Crippen molar-refractivity contribution in [2.45, 2.75) is 51.7 Å². The Hall–Kier alpha value is -3.15. The van der Waals surface area contributed by atoms with E-state index < -0.39 is 17.5 Å². The van der Waals surface area contributed by atoms with Crippen LogP contribution in [0, 0.1) is 0 Å². The van der Waals surface area contributed by atoms with Crippen LogP contribution in [-0.4, -0.2) is 46.3 Å². The Kier molecular flexibility index (Phi) is 6.25. The highest BCUT2D eigenvalue weighted by molar-refractivity contribution is 6.09. The lowest BCUT2D eigenvalue weighted by atomic mass is 9.83. The average Bonchev–Trinajstić information content (AvgIpc) is 2.94. The van der Waals surface area contributed by atoms with Gasteiger partial charge in [0.25, 0.3) is 5.91 Å². The van der Waals surface area contributed by atoms with E-state index in [1.807, 2.05) is 88.4 Å². The van der Waals surface area contributed by atoms with E-state index in [2.05, 4.69) is 5.32 Å². The van der Waals surface area contributed by atoms with Gasteiger partial charge in [0, 0.05) is 18.5 Å². The quantitative estimate of drug-likeness (QED) is 0.716. The molecule has 1 aliphatic heterocycles. The molecule has 0 aromatic heterocycles. The molecule has 30 heavy (non-hydrogen) atoms. The second-order valence-corrected chi connectivity index (χ2v) is 8.24. The van der Waals surface area contributed by atoms with Crippen molar-refractivity contribution in [2.75, 3.05) is 6.54 Å². The Morgan fingerprint density at radius 1 is 0.933 bits per heavy atom. The largest absolute Gasteiger partial charge is 0.336 e. The average molecular weight is 408 g/mol. The third kappa shape index (κ3) is 4.08. The third-order valence-electron chi connectivity index (χ3n) is 5.45. The van der Waals surface area contributed by atoms with E-state index in [0.717, 1.165) is 10.5 Å². The first kappa shape index (κ1) is 21.6. The summed E-state index contributed by atoms with van der Waals surface area (Å²) in [6, 6.07) is 18.2. The normalized spacial score (nSPS) is 18.8. The summed E-state index contributed by atoms with van der Waals surface area (Å²) in [4.78, 5) is 42.2. The maximum absolute atomic E-state index is 13.6. The lowest BCUT2D eigenvalue weighted by Gasteiger charge is -2.32. The standard InChI is InChI=1S/C24H29N3O3/c1-17(2)27(18(3)4)21(28)16-26-22(29)24(25-23(26)30,20-13-9-6-10-14-20)15-19-11-7-5-8-12-19/h5-14,17-18H,15-16H2,1-4H3,(H,25,30)/t24-/m0/s1. The van der Waals surface area contributed by atoms with E-state index in [4.69, 9.17) is 0 Å². The van der Waals surface area contributed by atoms with Crippen LogP contribution in [0.2, 0.25) is 0 Å². The van der Waals surface area contributed by atoms with Crippen molar-refractivity contribution in [3.8, 4) is 0 Å². The molecule has 1 aliphatic rings. The summed E-state index contributed by atoms with van der Waals surface area (Å²) in [6.45, 7) is 7.42. The van der Waals surface area contributed by atoms with Gasteiger partial charge in [0.05, 0.1) is 0 Å². The Morgan fingerprint density at radius 3 is 2.00 bits per heavy atom. The van der Waals surface area contributed by atoms with E-state index in [1.165, 1.54) is 0 Å². The summed E-state index contributed by atoms with van der Waals surface area (Å²) in [7, 11) is 0. The molecule has 1 saturated heterocycles. The number of nitrogens with zero attached hydrogens (tertiary/aromatic N) is 2. The number of carbonyl (C=O) groups is 3. The molecular formula is C24H29N3O3. The minimum Gasteiger partial charge on any atom is -0.336 e. The Morgan fingerprint density at radius 2 is 1.47 bits per heavy atom. The predicted molar refractivity (Wildman–Crippen MR) is 116 cm³/mol. The Labute approximate surface area is 177 Å². The monoisotopic (exact) mass is 407 g/mol. The van der Waals surface area contributed by atoms with Crippen LogP contribution in [0.5, 0.6) is 0 Å². The highest BCUT2D eigenvalue weighted by atomic mass is 16.2. The molecular weight excluding hydrogens is 378 g/mol. The maximum atomic E-state index is 13.6. The van der Waals surface area contributed by atoms with Gasteiger partial charge in [-0.1, -0.05) is 60.7 Å². The number of rotatable bonds is 7. The Bertz CT molecular complexity index is 904. The highest BCUT2D eigenvalue weighted by Crippen LogP contribution is 2.33. The number of urea groups is 1. The molecule has 1 atom stereocenters. The predicted octanol–water partition coefficient (Wildman–Crippen LogP) is 3.32. The fourth-order valence-corrected chi connectivity index (χ4v) is 4.20. The van der Waals surface area contributed by atoms with Gasteiger partial charge >= 0.3 is 6.03 Å². The van der Waals surface area contributed by atoms with Crippen molar-refractivity contribution in [1.29, 1.82) is 0 Å². The molecule has 6 heteroatoms. The van der Waals surface area contributed by atoms with Crippen LogP contribution in [0.1, 0.15) is 38.8 Å². The van der Waals surface area contributed by atoms with Crippen molar-refractivity contribution in [1.82, 2.24) is 15.1 Å². The first-order valence-corrected chi connectivity index (χ1v) is 10.3. The summed E-state index contributed by atoms with van der Waals surface area (Å²) >= 11 is 0. The summed E-state index contributed by atoms with van der Waals surface area (Å²) in [6.07, 6.45) is 0.311. The molecule has 2 aromatic rings. The van der Waals surface area contributed by atoms with Gasteiger partial charge in [-0.3, -0.25) is 14.5 Å². The van der Waals surface area contributed by atoms with Crippen LogP contribution in [0.15, 0.2) is 60.7 Å². The molecule has 2 aromatic carbocycles. The zero-order chi connectivity index (χ0) is 21.9. The molecule has 0 bridgehead atoms. The minimum absolute atomic E-state index is 0.0264. The van der Waals surface area contributed by atoms with Crippen molar-refractivity contribution in [2.24, 2.45) is 0 Å². The number of benzene rings is 2. The summed E-state index contributed by atoms with van der Waals surface area (Å²) in [5, 5.41) is 2.90. The summed E-state index contributed by atoms with van der Waals surface area (Å²) in [5.74, 6) is -0.643. The second kappa shape index (κ2) is 8.69. The van der Waals surface area contributed by atoms with Gasteiger partial charge in [0.15, 0.2) is 5.54 Å². The number of nitrogens with one attached hydrogen (secondary N) is 1. The van der Waals surface area contributed by atoms with Crippen LogP contribution in [0.3, 0.4) is 0 Å². The topological polar surface area (TPSA) is 69.7 Å². The van der Waals surface area contributed by atoms with Gasteiger partial charge in [0.1, 0.15) is 6.54 Å². The van der Waals surface area contributed by atoms with Crippen LogP contribution < -0.4 is 5.32 Å². The van der Waals surface area contributed by atoms with E-state index in [0.29, 0.717) is 12.0 Å². The first-order valence-electron chi connectivity index (χ1n) is 10.3. The van der Waals surface area contributed by atoms with Gasteiger partial charge < -0.3 is 10.2 Å². The van der Waals surface area contributed by atoms with Crippen molar-refractivity contribution in [3.05, 3.63) is 71.8 Å². The molecule has 3 rings (SSSR count). The molecule has 0 spiro atoms. The van der Waals surface area contributed by atoms with Crippen LogP contribution in [-0.2, 0) is 21.5 Å². The zero-order valence-electron chi connectivity index (χ0n) is 18.0. The van der Waals surface area contributed by atoms with Crippen molar-refractivity contribution in [3.63, 3.8) is 0 Å². The lowest BCUT2D eigenvalue weighted by molar-refractivity contribution is -0.141. The first-order chi connectivity index (χ1) is 14.3. The van der Waals surface area contributed by atoms with Gasteiger partial charge in [-0.05, 0) is 38.8 Å². The van der Waals surface area contributed by atoms with Crippen molar-refractivity contribution >= 4 is 17.8 Å².